The summed E-state index contributed by atoms with van der Waals surface area (Å²) in [4.78, 5) is 25.7. The highest BCUT2D eigenvalue weighted by Crippen LogP contribution is 2.29. The molecule has 0 saturated carbocycles. The summed E-state index contributed by atoms with van der Waals surface area (Å²) in [6, 6.07) is 8.69. The smallest absolute Gasteiger partial charge is 0.255 e. The molecule has 2 aliphatic rings. The first kappa shape index (κ1) is 50.1. The molecular weight excluding hydrogens is 792 g/mol. The van der Waals surface area contributed by atoms with Crippen molar-refractivity contribution in [3.8, 4) is 17.2 Å². The highest BCUT2D eigenvalue weighted by atomic mass is 16.8. The lowest BCUT2D eigenvalue weighted by molar-refractivity contribution is -0.372. The SMILES string of the molecule is CCCCCCCCCCCCCCCCCCOc1ccc(C(=O)NC[C@H]2O[C@H](O[C@H]3O[C@H](CNC(=O)c4ccc(C)cc4O)[C@@H](O)[C@H](O)[C@H]3O)[C@H](O)[C@@H](O)[C@@H]2O)c(O)c1. The lowest BCUT2D eigenvalue weighted by Crippen LogP contribution is -2.64. The second-order valence-electron chi connectivity index (χ2n) is 16.4. The summed E-state index contributed by atoms with van der Waals surface area (Å²) >= 11 is 0. The molecule has 16 heteroatoms. The molecule has 61 heavy (non-hydrogen) atoms. The number of unbranched alkanes of at least 4 members (excludes halogenated alkanes) is 15. The number of phenols is 2. The standard InChI is InChI=1S/C45H70N2O14/c1-3-4-5-6-7-8-9-10-11-12-13-14-15-16-17-18-23-58-29-20-22-31(33(49)25-29)43(57)47-27-35-37(51)39(53)41(55)45(60-35)61-44-40(54)38(52)36(50)34(59-44)26-46-42(56)30-21-19-28(2)24-32(30)48/h19-22,24-25,34-41,44-45,48-55H,3-18,23,26-27H2,1-2H3,(H,46,56)(H,47,57)/t34-,35-,36-,37-,38+,39+,40-,41-,44-,45-/m1/s1. The predicted octanol–water partition coefficient (Wildman–Crippen LogP) is 3.84. The first-order chi connectivity index (χ1) is 29.3. The van der Waals surface area contributed by atoms with Gasteiger partial charge in [-0.25, -0.2) is 0 Å². The third kappa shape index (κ3) is 15.6. The molecule has 0 spiro atoms. The maximum Gasteiger partial charge on any atom is 0.255 e. The number of carbonyl (C=O) groups excluding carboxylic acids is 2. The van der Waals surface area contributed by atoms with Gasteiger partial charge in [0.15, 0.2) is 12.6 Å². The number of phenolic OH excluding ortho intramolecular Hbond substituents is 2. The van der Waals surface area contributed by atoms with Crippen molar-refractivity contribution in [1.29, 1.82) is 0 Å². The number of aryl methyl sites for hydroxylation is 1. The second-order valence-corrected chi connectivity index (χ2v) is 16.4. The zero-order valence-corrected chi connectivity index (χ0v) is 35.7. The molecule has 0 aromatic heterocycles. The van der Waals surface area contributed by atoms with Crippen LogP contribution in [0.15, 0.2) is 36.4 Å². The molecule has 2 aromatic carbocycles. The molecule has 2 aliphatic heterocycles. The van der Waals surface area contributed by atoms with Crippen LogP contribution >= 0.6 is 0 Å². The van der Waals surface area contributed by atoms with Gasteiger partial charge in [-0.2, -0.15) is 0 Å². The van der Waals surface area contributed by atoms with E-state index >= 15 is 0 Å². The molecule has 0 bridgehead atoms. The number of aliphatic hydroxyl groups is 6. The zero-order valence-electron chi connectivity index (χ0n) is 35.7. The van der Waals surface area contributed by atoms with E-state index in [1.807, 2.05) is 0 Å². The minimum atomic E-state index is -1.89. The lowest BCUT2D eigenvalue weighted by atomic mass is 9.97. The largest absolute Gasteiger partial charge is 0.507 e. The maximum atomic E-state index is 13.0. The van der Waals surface area contributed by atoms with Gasteiger partial charge in [0.25, 0.3) is 11.8 Å². The van der Waals surface area contributed by atoms with E-state index in [-0.39, 0.29) is 22.6 Å². The molecular formula is C45H70N2O14. The highest BCUT2D eigenvalue weighted by Gasteiger charge is 2.50. The molecule has 0 unspecified atom stereocenters. The molecule has 10 N–H and O–H groups in total. The maximum absolute atomic E-state index is 13.0. The molecule has 2 amide bonds. The summed E-state index contributed by atoms with van der Waals surface area (Å²) in [5.74, 6) is -1.66. The van der Waals surface area contributed by atoms with Crippen LogP contribution in [0.1, 0.15) is 136 Å². The topological polar surface area (TPSA) is 257 Å². The van der Waals surface area contributed by atoms with Crippen LogP contribution in [0.2, 0.25) is 0 Å². The molecule has 0 aliphatic carbocycles. The van der Waals surface area contributed by atoms with E-state index in [2.05, 4.69) is 17.6 Å². The average Bonchev–Trinajstić information content (AvgIpc) is 3.23. The van der Waals surface area contributed by atoms with Gasteiger partial charge < -0.3 is 70.4 Å². The number of aromatic hydroxyl groups is 2. The van der Waals surface area contributed by atoms with Crippen molar-refractivity contribution in [2.75, 3.05) is 19.7 Å². The summed E-state index contributed by atoms with van der Waals surface area (Å²) in [5.41, 5.74) is 0.582. The number of nitrogens with one attached hydrogen (secondary N) is 2. The van der Waals surface area contributed by atoms with Crippen LogP contribution in [0.5, 0.6) is 17.2 Å². The van der Waals surface area contributed by atoms with Gasteiger partial charge in [-0.1, -0.05) is 109 Å². The van der Waals surface area contributed by atoms with E-state index < -0.39 is 86.3 Å². The first-order valence-corrected chi connectivity index (χ1v) is 22.2. The molecule has 344 valence electrons. The van der Waals surface area contributed by atoms with Crippen LogP contribution in [-0.4, -0.2) is 134 Å². The van der Waals surface area contributed by atoms with Gasteiger partial charge in [0.1, 0.15) is 66.1 Å². The number of hydrogen-bond donors (Lipinski definition) is 10. The van der Waals surface area contributed by atoms with Crippen LogP contribution in [0.3, 0.4) is 0 Å². The molecule has 2 fully saturated rings. The van der Waals surface area contributed by atoms with Crippen molar-refractivity contribution in [3.05, 3.63) is 53.1 Å². The zero-order chi connectivity index (χ0) is 44.3. The van der Waals surface area contributed by atoms with E-state index in [0.717, 1.165) is 24.8 Å². The highest BCUT2D eigenvalue weighted by molar-refractivity contribution is 5.97. The summed E-state index contributed by atoms with van der Waals surface area (Å²) in [7, 11) is 0. The fraction of sp³-hybridized carbons (Fsp3) is 0.689. The number of amides is 2. The van der Waals surface area contributed by atoms with Gasteiger partial charge in [0.05, 0.1) is 17.7 Å². The minimum Gasteiger partial charge on any atom is -0.507 e. The van der Waals surface area contributed by atoms with E-state index in [4.69, 9.17) is 18.9 Å². The van der Waals surface area contributed by atoms with Gasteiger partial charge in [-0.3, -0.25) is 9.59 Å². The van der Waals surface area contributed by atoms with E-state index in [1.54, 1.807) is 19.1 Å². The van der Waals surface area contributed by atoms with Crippen molar-refractivity contribution in [3.63, 3.8) is 0 Å². The van der Waals surface area contributed by atoms with E-state index in [9.17, 15) is 50.4 Å². The quantitative estimate of drug-likeness (QED) is 0.0604. The van der Waals surface area contributed by atoms with Crippen LogP contribution in [0, 0.1) is 6.92 Å². The van der Waals surface area contributed by atoms with Gasteiger partial charge in [-0.05, 0) is 43.2 Å². The normalized spacial score (nSPS) is 26.5. The van der Waals surface area contributed by atoms with Crippen LogP contribution < -0.4 is 15.4 Å². The molecule has 0 radical (unpaired) electrons. The fourth-order valence-electron chi connectivity index (χ4n) is 7.57. The second kappa shape index (κ2) is 26.1. The van der Waals surface area contributed by atoms with E-state index in [1.165, 1.54) is 108 Å². The van der Waals surface area contributed by atoms with Gasteiger partial charge in [0.2, 0.25) is 0 Å². The number of carbonyl (C=O) groups is 2. The Balaban J connectivity index is 1.16. The minimum absolute atomic E-state index is 0.0502. The predicted molar refractivity (Wildman–Crippen MR) is 225 cm³/mol. The molecule has 2 saturated heterocycles. The number of ether oxygens (including phenoxy) is 4. The Bertz CT molecular complexity index is 1610. The summed E-state index contributed by atoms with van der Waals surface area (Å²) in [6.07, 6.45) is 3.18. The number of rotatable bonds is 26. The summed E-state index contributed by atoms with van der Waals surface area (Å²) in [6.45, 7) is 3.63. The van der Waals surface area contributed by atoms with Crippen molar-refractivity contribution in [2.24, 2.45) is 0 Å². The van der Waals surface area contributed by atoms with Gasteiger partial charge in [-0.15, -0.1) is 0 Å². The van der Waals surface area contributed by atoms with Crippen molar-refractivity contribution in [1.82, 2.24) is 10.6 Å². The Kier molecular flexibility index (Phi) is 21.5. The van der Waals surface area contributed by atoms with Crippen LogP contribution in [0.25, 0.3) is 0 Å². The van der Waals surface area contributed by atoms with Crippen molar-refractivity contribution >= 4 is 11.8 Å². The Morgan fingerprint density at radius 2 is 0.967 bits per heavy atom. The van der Waals surface area contributed by atoms with Crippen LogP contribution in [0.4, 0.5) is 0 Å². The third-order valence-electron chi connectivity index (χ3n) is 11.4. The number of benzene rings is 2. The lowest BCUT2D eigenvalue weighted by Gasteiger charge is -2.45. The van der Waals surface area contributed by atoms with E-state index in [0.29, 0.717) is 12.4 Å². The summed E-state index contributed by atoms with van der Waals surface area (Å²) < 4.78 is 22.7. The average molecular weight is 863 g/mol. The Labute approximate surface area is 359 Å². The van der Waals surface area contributed by atoms with Crippen molar-refractivity contribution in [2.45, 2.75) is 178 Å². The Morgan fingerprint density at radius 1 is 0.557 bits per heavy atom. The van der Waals surface area contributed by atoms with Crippen LogP contribution in [-0.2, 0) is 14.2 Å². The number of hydrogen-bond acceptors (Lipinski definition) is 14. The monoisotopic (exact) mass is 862 g/mol. The number of aliphatic hydroxyl groups excluding tert-OH is 6. The Hall–Kier alpha value is -3.58. The van der Waals surface area contributed by atoms with Crippen molar-refractivity contribution < 1.29 is 69.4 Å². The van der Waals surface area contributed by atoms with Gasteiger partial charge >= 0.3 is 0 Å². The Morgan fingerprint density at radius 3 is 1.39 bits per heavy atom. The molecule has 2 aromatic rings. The summed E-state index contributed by atoms with van der Waals surface area (Å²) in [5, 5.41) is 89.4. The molecule has 4 rings (SSSR count). The fourth-order valence-corrected chi connectivity index (χ4v) is 7.57. The van der Waals surface area contributed by atoms with Gasteiger partial charge in [0, 0.05) is 19.2 Å². The third-order valence-corrected chi connectivity index (χ3v) is 11.4. The molecule has 10 atom stereocenters. The first-order valence-electron chi connectivity index (χ1n) is 22.2. The molecule has 16 nitrogen and oxygen atoms in total. The molecule has 2 heterocycles.